The zero-order chi connectivity index (χ0) is 30.0. The number of amides is 2. The Kier molecular flexibility index (Phi) is 6.83. The summed E-state index contributed by atoms with van der Waals surface area (Å²) in [5, 5.41) is 26.2. The molecule has 2 fully saturated rings. The number of aliphatic hydroxyl groups is 1. The highest BCUT2D eigenvalue weighted by atomic mass is 32.1. The van der Waals surface area contributed by atoms with Gasteiger partial charge in [0.2, 0.25) is 4.96 Å². The second kappa shape index (κ2) is 10.6. The van der Waals surface area contributed by atoms with Crippen molar-refractivity contribution in [2.45, 2.75) is 44.4 Å². The van der Waals surface area contributed by atoms with Gasteiger partial charge in [0.25, 0.3) is 0 Å². The molecule has 2 amide bonds. The van der Waals surface area contributed by atoms with Crippen molar-refractivity contribution < 1.29 is 14.3 Å². The number of carbonyl (C=O) groups excluding carboxylic acids is 1. The van der Waals surface area contributed by atoms with Gasteiger partial charge >= 0.3 is 6.03 Å². The molecule has 0 spiro atoms. The molecule has 2 atom stereocenters. The molecule has 1 aromatic carbocycles. The molecule has 14 heteroatoms. The smallest absolute Gasteiger partial charge is 0.321 e. The molecule has 43 heavy (non-hydrogen) atoms. The summed E-state index contributed by atoms with van der Waals surface area (Å²) in [4.78, 5) is 31.7. The number of hydrogen-bond acceptors (Lipinski definition) is 10. The van der Waals surface area contributed by atoms with Crippen LogP contribution in [0, 0.1) is 17.1 Å². The number of hydrogen-bond donors (Lipinski definition) is 1. The number of nitrogens with zero attached hydrogens (tertiary/aromatic N) is 9. The fourth-order valence-electron chi connectivity index (χ4n) is 6.21. The van der Waals surface area contributed by atoms with Crippen molar-refractivity contribution in [3.63, 3.8) is 0 Å². The predicted octanol–water partition coefficient (Wildman–Crippen LogP) is 4.39. The highest BCUT2D eigenvalue weighted by Gasteiger charge is 2.45. The Morgan fingerprint density at radius 1 is 1.21 bits per heavy atom. The predicted molar refractivity (Wildman–Crippen MR) is 162 cm³/mol. The van der Waals surface area contributed by atoms with Gasteiger partial charge in [-0.25, -0.2) is 19.2 Å². The zero-order valence-corrected chi connectivity index (χ0v) is 25.6. The van der Waals surface area contributed by atoms with Crippen LogP contribution in [0.2, 0.25) is 0 Å². The van der Waals surface area contributed by atoms with Gasteiger partial charge in [-0.3, -0.25) is 0 Å². The first-order chi connectivity index (χ1) is 20.8. The van der Waals surface area contributed by atoms with Crippen molar-refractivity contribution in [2.75, 3.05) is 38.6 Å². The Hall–Kier alpha value is -4.06. The molecule has 11 nitrogen and oxygen atoms in total. The van der Waals surface area contributed by atoms with Gasteiger partial charge in [-0.15, -0.1) is 0 Å². The van der Waals surface area contributed by atoms with Gasteiger partial charge in [0.1, 0.15) is 33.6 Å². The van der Waals surface area contributed by atoms with Crippen LogP contribution in [-0.2, 0) is 6.42 Å². The number of likely N-dealkylation sites (tertiary alicyclic amines) is 1. The fourth-order valence-corrected chi connectivity index (χ4v) is 8.09. The Bertz CT molecular complexity index is 1780. The number of aryl methyl sites for hydroxylation is 1. The van der Waals surface area contributed by atoms with Crippen molar-refractivity contribution >= 4 is 44.6 Å². The summed E-state index contributed by atoms with van der Waals surface area (Å²) in [5.41, 5.74) is 3.26. The molecule has 6 heterocycles. The number of β-amino-alcohol motifs (C(OH)–C–C–N with tert-alkyl or cyclic N) is 1. The lowest BCUT2D eigenvalue weighted by atomic mass is 10.1. The minimum Gasteiger partial charge on any atom is -0.389 e. The number of carbonyl (C=O) groups is 1. The highest BCUT2D eigenvalue weighted by molar-refractivity contribution is 7.17. The van der Waals surface area contributed by atoms with Crippen LogP contribution in [-0.4, -0.2) is 91.4 Å². The number of rotatable bonds is 6. The molecule has 7 rings (SSSR count). The second-order valence-corrected chi connectivity index (χ2v) is 13.0. The summed E-state index contributed by atoms with van der Waals surface area (Å²) in [6.45, 7) is 3.66. The zero-order valence-electron chi connectivity index (χ0n) is 23.9. The number of imidazole rings is 1. The molecule has 3 aliphatic rings. The minimum atomic E-state index is -0.437. The summed E-state index contributed by atoms with van der Waals surface area (Å²) in [5.74, 6) is 0.483. The number of thiazole rings is 1. The summed E-state index contributed by atoms with van der Waals surface area (Å²) >= 11 is 2.83. The molecule has 0 bridgehead atoms. The topological polar surface area (TPSA) is 117 Å². The molecule has 2 saturated heterocycles. The third kappa shape index (κ3) is 4.54. The summed E-state index contributed by atoms with van der Waals surface area (Å²) in [6, 6.07) is 8.16. The molecule has 1 unspecified atom stereocenters. The van der Waals surface area contributed by atoms with Crippen LogP contribution in [0.5, 0.6) is 0 Å². The molecule has 3 aliphatic heterocycles. The number of fused-ring (bicyclic) bond motifs is 2. The normalized spacial score (nSPS) is 19.9. The van der Waals surface area contributed by atoms with Crippen LogP contribution in [0.4, 0.5) is 20.1 Å². The van der Waals surface area contributed by atoms with Gasteiger partial charge in [0, 0.05) is 38.3 Å². The van der Waals surface area contributed by atoms with Gasteiger partial charge in [0.05, 0.1) is 30.8 Å². The lowest BCUT2D eigenvalue weighted by Crippen LogP contribution is -2.59. The van der Waals surface area contributed by atoms with E-state index in [1.165, 1.54) is 29.2 Å². The average molecular weight is 620 g/mol. The molecule has 0 aliphatic carbocycles. The molecular weight excluding hydrogens is 590 g/mol. The van der Waals surface area contributed by atoms with E-state index in [1.54, 1.807) is 33.3 Å². The molecular formula is C29H30FN9O2S2. The highest BCUT2D eigenvalue weighted by Crippen LogP contribution is 2.46. The Morgan fingerprint density at radius 3 is 2.67 bits per heavy atom. The van der Waals surface area contributed by atoms with Crippen molar-refractivity contribution in [3.05, 3.63) is 57.4 Å². The number of urea groups is 1. The number of nitriles is 1. The maximum atomic E-state index is 13.5. The monoisotopic (exact) mass is 619 g/mol. The third-order valence-electron chi connectivity index (χ3n) is 8.44. The number of benzene rings is 1. The second-order valence-electron chi connectivity index (χ2n) is 11.1. The first-order valence-electron chi connectivity index (χ1n) is 14.2. The van der Waals surface area contributed by atoms with E-state index in [0.717, 1.165) is 40.9 Å². The first-order valence-corrected chi connectivity index (χ1v) is 15.9. The van der Waals surface area contributed by atoms with E-state index in [9.17, 15) is 19.6 Å². The van der Waals surface area contributed by atoms with E-state index in [4.69, 9.17) is 15.1 Å². The standard InChI is InChI=1S/C29H30FN9O2S2/c1-4-20-26(36(3)27-33-24(22(13-31)42-27)16-7-9-17(30)10-8-16)39-28(32-20)43-25(34-39)19-12-23(38-11-5-6-21(19)38)35(2)29(41)37-14-18(40)15-37/h6-10,18-19,23,40H,4-5,11-12,14-15H2,1-3H3/t19-,23?/m1/s1. The van der Waals surface area contributed by atoms with E-state index in [-0.39, 0.29) is 23.9 Å². The van der Waals surface area contributed by atoms with Crippen molar-refractivity contribution in [1.29, 1.82) is 5.26 Å². The third-order valence-corrected chi connectivity index (χ3v) is 10.5. The number of halogens is 1. The largest absolute Gasteiger partial charge is 0.389 e. The van der Waals surface area contributed by atoms with Crippen LogP contribution in [0.1, 0.15) is 41.3 Å². The maximum absolute atomic E-state index is 13.5. The SMILES string of the molecule is CCc1nc2sc([C@@H]3CC(N(C)C(=O)N4CC(O)C4)N4CCC=C34)nn2c1N(C)c1nc(-c2ccc(F)cc2)c(C#N)s1. The summed E-state index contributed by atoms with van der Waals surface area (Å²) < 4.78 is 15.4. The van der Waals surface area contributed by atoms with Crippen LogP contribution in [0.3, 0.4) is 0 Å². The van der Waals surface area contributed by atoms with Crippen molar-refractivity contribution in [1.82, 2.24) is 34.3 Å². The quantitative estimate of drug-likeness (QED) is 0.338. The molecule has 0 saturated carbocycles. The van der Waals surface area contributed by atoms with Gasteiger partial charge in [-0.1, -0.05) is 35.7 Å². The van der Waals surface area contributed by atoms with Gasteiger partial charge in [0.15, 0.2) is 10.9 Å². The molecule has 4 aromatic rings. The Morgan fingerprint density at radius 2 is 1.98 bits per heavy atom. The molecule has 222 valence electrons. The Balaban J connectivity index is 1.20. The lowest BCUT2D eigenvalue weighted by molar-refractivity contribution is 0.00713. The summed E-state index contributed by atoms with van der Waals surface area (Å²) in [7, 11) is 3.74. The number of aliphatic hydroxyl groups excluding tert-OH is 1. The van der Waals surface area contributed by atoms with Crippen molar-refractivity contribution in [2.24, 2.45) is 0 Å². The minimum absolute atomic E-state index is 0.0368. The molecule has 3 aromatic heterocycles. The summed E-state index contributed by atoms with van der Waals surface area (Å²) in [6.07, 6.45) is 4.07. The van der Waals surface area contributed by atoms with Crippen LogP contribution < -0.4 is 4.90 Å². The van der Waals surface area contributed by atoms with Gasteiger partial charge < -0.3 is 24.7 Å². The molecule has 1 N–H and O–H groups in total. The van der Waals surface area contributed by atoms with E-state index in [0.29, 0.717) is 40.8 Å². The van der Waals surface area contributed by atoms with Gasteiger partial charge in [-0.2, -0.15) is 14.9 Å². The van der Waals surface area contributed by atoms with Crippen molar-refractivity contribution in [3.8, 4) is 17.3 Å². The van der Waals surface area contributed by atoms with Gasteiger partial charge in [-0.05, 0) is 37.1 Å². The van der Waals surface area contributed by atoms with Crippen LogP contribution in [0.15, 0.2) is 36.0 Å². The number of aromatic nitrogens is 4. The molecule has 0 radical (unpaired) electrons. The number of allylic oxidation sites excluding steroid dienone is 1. The Labute approximate surface area is 255 Å². The van der Waals surface area contributed by atoms with Crippen LogP contribution >= 0.6 is 22.7 Å². The van der Waals surface area contributed by atoms with E-state index < -0.39 is 6.10 Å². The fraction of sp³-hybridized carbons (Fsp3) is 0.414. The average Bonchev–Trinajstić information content (AvgIpc) is 3.80. The van der Waals surface area contributed by atoms with E-state index in [2.05, 4.69) is 17.0 Å². The van der Waals surface area contributed by atoms with E-state index >= 15 is 0 Å². The maximum Gasteiger partial charge on any atom is 0.321 e. The number of anilines is 2. The van der Waals surface area contributed by atoms with E-state index in [1.807, 2.05) is 30.4 Å². The first kappa shape index (κ1) is 27.8. The van der Waals surface area contributed by atoms with Crippen LogP contribution in [0.25, 0.3) is 16.2 Å². The lowest BCUT2D eigenvalue weighted by Gasteiger charge is -2.41.